The first kappa shape index (κ1) is 28.9. The Morgan fingerprint density at radius 3 is 2.41 bits per heavy atom. The van der Waals surface area contributed by atoms with Crippen molar-refractivity contribution in [3.63, 3.8) is 0 Å². The highest BCUT2D eigenvalue weighted by Gasteiger charge is 2.47. The SMILES string of the molecule is CC(C)(C)OC(=O)N1CCC(F)(F)C(CCCC2(C(F)F)CCN(c3cc(F)ncc3C(=O)O)CC2)C1. The summed E-state index contributed by atoms with van der Waals surface area (Å²) in [4.78, 5) is 30.0. The zero-order valence-electron chi connectivity index (χ0n) is 21.3. The monoisotopic (exact) mass is 535 g/mol. The van der Waals surface area contributed by atoms with Crippen molar-refractivity contribution in [1.29, 1.82) is 0 Å². The average Bonchev–Trinajstić information content (AvgIpc) is 2.79. The van der Waals surface area contributed by atoms with Crippen molar-refractivity contribution in [3.8, 4) is 0 Å². The molecule has 2 aliphatic rings. The fourth-order valence-corrected chi connectivity index (χ4v) is 5.09. The van der Waals surface area contributed by atoms with Crippen LogP contribution in [-0.2, 0) is 4.74 Å². The predicted octanol–water partition coefficient (Wildman–Crippen LogP) is 5.83. The Morgan fingerprint density at radius 1 is 1.19 bits per heavy atom. The van der Waals surface area contributed by atoms with E-state index in [0.29, 0.717) is 0 Å². The normalized spacial score (nSPS) is 21.7. The van der Waals surface area contributed by atoms with Gasteiger partial charge in [0.25, 0.3) is 5.92 Å². The zero-order valence-corrected chi connectivity index (χ0v) is 21.3. The molecule has 12 heteroatoms. The van der Waals surface area contributed by atoms with Crippen molar-refractivity contribution in [2.45, 2.75) is 77.2 Å². The minimum Gasteiger partial charge on any atom is -0.478 e. The highest BCUT2D eigenvalue weighted by Crippen LogP contribution is 2.45. The molecule has 1 atom stereocenters. The largest absolute Gasteiger partial charge is 0.478 e. The molecule has 2 saturated heterocycles. The lowest BCUT2D eigenvalue weighted by atomic mass is 9.73. The van der Waals surface area contributed by atoms with Gasteiger partial charge in [0.1, 0.15) is 11.2 Å². The van der Waals surface area contributed by atoms with E-state index in [0.717, 1.165) is 12.3 Å². The maximum atomic E-state index is 14.6. The number of carbonyl (C=O) groups is 2. The molecule has 3 rings (SSSR count). The number of anilines is 1. The number of ether oxygens (including phenoxy) is 1. The second-order valence-electron chi connectivity index (χ2n) is 11.0. The third-order valence-corrected chi connectivity index (χ3v) is 7.27. The predicted molar refractivity (Wildman–Crippen MR) is 126 cm³/mol. The quantitative estimate of drug-likeness (QED) is 0.349. The summed E-state index contributed by atoms with van der Waals surface area (Å²) in [7, 11) is 0. The first-order valence-corrected chi connectivity index (χ1v) is 12.4. The Kier molecular flexibility index (Phi) is 8.58. The van der Waals surface area contributed by atoms with Crippen LogP contribution in [0.5, 0.6) is 0 Å². The molecule has 0 saturated carbocycles. The van der Waals surface area contributed by atoms with E-state index in [1.807, 2.05) is 0 Å². The summed E-state index contributed by atoms with van der Waals surface area (Å²) < 4.78 is 76.6. The van der Waals surface area contributed by atoms with E-state index in [2.05, 4.69) is 4.98 Å². The van der Waals surface area contributed by atoms with Gasteiger partial charge >= 0.3 is 12.1 Å². The summed E-state index contributed by atoms with van der Waals surface area (Å²) in [6.07, 6.45) is -2.88. The van der Waals surface area contributed by atoms with E-state index in [-0.39, 0.29) is 69.5 Å². The molecule has 1 aromatic rings. The molecule has 1 aromatic heterocycles. The summed E-state index contributed by atoms with van der Waals surface area (Å²) in [6, 6.07) is 0.973. The molecule has 3 heterocycles. The summed E-state index contributed by atoms with van der Waals surface area (Å²) in [5.74, 6) is -6.36. The van der Waals surface area contributed by atoms with Crippen LogP contribution in [0.4, 0.5) is 32.4 Å². The standard InChI is InChI=1S/C25H34F5N3O4/c1-23(2,3)37-22(36)33-12-9-25(29,30)16(15-33)5-4-6-24(21(27)28)7-10-32(11-8-24)18-13-19(26)31-14-17(18)20(34)35/h13-14,16,21H,4-12,15H2,1-3H3,(H,34,35). The lowest BCUT2D eigenvalue weighted by molar-refractivity contribution is -0.109. The number of halogens is 5. The van der Waals surface area contributed by atoms with Crippen LogP contribution < -0.4 is 4.90 Å². The molecular formula is C25H34F5N3O4. The molecule has 208 valence electrons. The van der Waals surface area contributed by atoms with Crippen molar-refractivity contribution >= 4 is 17.7 Å². The number of carboxylic acids is 1. The van der Waals surface area contributed by atoms with Crippen LogP contribution in [0.15, 0.2) is 12.3 Å². The average molecular weight is 536 g/mol. The van der Waals surface area contributed by atoms with E-state index in [9.17, 15) is 36.6 Å². The van der Waals surface area contributed by atoms with Gasteiger partial charge in [-0.15, -0.1) is 0 Å². The van der Waals surface area contributed by atoms with Crippen molar-refractivity contribution < 1.29 is 41.4 Å². The lowest BCUT2D eigenvalue weighted by Crippen LogP contribution is -2.50. The van der Waals surface area contributed by atoms with E-state index >= 15 is 0 Å². The van der Waals surface area contributed by atoms with Gasteiger partial charge in [-0.25, -0.2) is 32.1 Å². The number of nitrogens with zero attached hydrogens (tertiary/aromatic N) is 3. The third-order valence-electron chi connectivity index (χ3n) is 7.27. The van der Waals surface area contributed by atoms with Gasteiger partial charge in [-0.1, -0.05) is 6.42 Å². The minimum atomic E-state index is -3.02. The number of rotatable bonds is 7. The molecule has 2 fully saturated rings. The molecule has 0 bridgehead atoms. The second-order valence-corrected chi connectivity index (χ2v) is 11.0. The molecule has 0 radical (unpaired) electrons. The fraction of sp³-hybridized carbons (Fsp3) is 0.720. The number of amides is 1. The van der Waals surface area contributed by atoms with Gasteiger partial charge in [0, 0.05) is 56.2 Å². The molecule has 0 spiro atoms. The van der Waals surface area contributed by atoms with Crippen molar-refractivity contribution in [1.82, 2.24) is 9.88 Å². The lowest BCUT2D eigenvalue weighted by Gasteiger charge is -2.43. The van der Waals surface area contributed by atoms with Gasteiger partial charge in [0.2, 0.25) is 12.4 Å². The number of aromatic carboxylic acids is 1. The highest BCUT2D eigenvalue weighted by atomic mass is 19.3. The third kappa shape index (κ3) is 7.01. The van der Waals surface area contributed by atoms with Crippen LogP contribution >= 0.6 is 0 Å². The molecule has 0 aromatic carbocycles. The fourth-order valence-electron chi connectivity index (χ4n) is 5.09. The first-order chi connectivity index (χ1) is 17.1. The molecular weight excluding hydrogens is 501 g/mol. The maximum absolute atomic E-state index is 14.6. The number of piperidine rings is 2. The van der Waals surface area contributed by atoms with E-state index in [1.165, 1.54) is 4.90 Å². The molecule has 1 N–H and O–H groups in total. The number of pyridine rings is 1. The first-order valence-electron chi connectivity index (χ1n) is 12.4. The van der Waals surface area contributed by atoms with Crippen molar-refractivity contribution in [3.05, 3.63) is 23.8 Å². The molecule has 1 amide bonds. The number of likely N-dealkylation sites (tertiary alicyclic amines) is 1. The van der Waals surface area contributed by atoms with Gasteiger partial charge in [0.05, 0.1) is 5.69 Å². The second kappa shape index (κ2) is 11.0. The topological polar surface area (TPSA) is 83.0 Å². The minimum absolute atomic E-state index is 0.00123. The van der Waals surface area contributed by atoms with Crippen LogP contribution in [0, 0.1) is 17.3 Å². The summed E-state index contributed by atoms with van der Waals surface area (Å²) in [5, 5.41) is 9.37. The molecule has 2 aliphatic heterocycles. The Balaban J connectivity index is 1.62. The van der Waals surface area contributed by atoms with Gasteiger partial charge in [-0.3, -0.25) is 0 Å². The summed E-state index contributed by atoms with van der Waals surface area (Å²) in [5.41, 5.74) is -2.33. The number of aromatic nitrogens is 1. The number of hydrogen-bond donors (Lipinski definition) is 1. The Morgan fingerprint density at radius 2 is 1.84 bits per heavy atom. The van der Waals surface area contributed by atoms with Crippen LogP contribution in [0.2, 0.25) is 0 Å². The number of carboxylic acid groups (broad SMARTS) is 1. The molecule has 0 aliphatic carbocycles. The van der Waals surface area contributed by atoms with E-state index in [1.54, 1.807) is 25.7 Å². The Hall–Kier alpha value is -2.66. The Labute approximate surface area is 213 Å². The highest BCUT2D eigenvalue weighted by molar-refractivity contribution is 5.94. The molecule has 37 heavy (non-hydrogen) atoms. The van der Waals surface area contributed by atoms with Gasteiger partial charge in [-0.2, -0.15) is 4.39 Å². The van der Waals surface area contributed by atoms with Crippen molar-refractivity contribution in [2.24, 2.45) is 11.3 Å². The number of hydrogen-bond acceptors (Lipinski definition) is 5. The van der Waals surface area contributed by atoms with Crippen LogP contribution in [0.25, 0.3) is 0 Å². The van der Waals surface area contributed by atoms with Gasteiger partial charge in [-0.05, 0) is 46.5 Å². The maximum Gasteiger partial charge on any atom is 0.410 e. The Bertz CT molecular complexity index is 978. The molecule has 1 unspecified atom stereocenters. The van der Waals surface area contributed by atoms with Crippen LogP contribution in [-0.4, -0.2) is 71.2 Å². The van der Waals surface area contributed by atoms with Crippen LogP contribution in [0.1, 0.15) is 69.7 Å². The summed E-state index contributed by atoms with van der Waals surface area (Å²) >= 11 is 0. The van der Waals surface area contributed by atoms with Gasteiger partial charge < -0.3 is 19.6 Å². The van der Waals surface area contributed by atoms with E-state index < -0.39 is 53.7 Å². The zero-order chi connectivity index (χ0) is 27.6. The number of alkyl halides is 4. The van der Waals surface area contributed by atoms with Gasteiger partial charge in [0.15, 0.2) is 0 Å². The van der Waals surface area contributed by atoms with Crippen molar-refractivity contribution in [2.75, 3.05) is 31.1 Å². The summed E-state index contributed by atoms with van der Waals surface area (Å²) in [6.45, 7) is 4.85. The van der Waals surface area contributed by atoms with E-state index in [4.69, 9.17) is 4.74 Å². The molecule has 7 nitrogen and oxygen atoms in total. The smallest absolute Gasteiger partial charge is 0.410 e. The number of carbonyl (C=O) groups excluding carboxylic acids is 1. The van der Waals surface area contributed by atoms with Crippen LogP contribution in [0.3, 0.4) is 0 Å².